The van der Waals surface area contributed by atoms with Crippen LogP contribution in [0.2, 0.25) is 5.02 Å². The molecule has 0 bridgehead atoms. The molecule has 9 heteroatoms. The lowest BCUT2D eigenvalue weighted by Crippen LogP contribution is -2.29. The van der Waals surface area contributed by atoms with Crippen molar-refractivity contribution in [2.24, 2.45) is 10.2 Å². The molecule has 3 aromatic rings. The molecule has 1 heterocycles. The standard InChI is InChI=1S/C24H22ClN3O5/c1-24(2,3)16-8-11-19(18(25)14-16)26-27-22(23(30)21-5-4-12-33-21)20(29)13-15-6-9-17(10-7-15)28(31)32/h4-12,14,22H,13H2,1-3H3. The fraction of sp³-hybridized carbons (Fsp3) is 0.250. The van der Waals surface area contributed by atoms with Crippen LogP contribution in [0.15, 0.2) is 75.5 Å². The summed E-state index contributed by atoms with van der Waals surface area (Å²) in [5, 5.41) is 19.3. The molecule has 0 amide bonds. The Kier molecular flexibility index (Phi) is 7.18. The Morgan fingerprint density at radius 3 is 2.36 bits per heavy atom. The first kappa shape index (κ1) is 24.0. The number of non-ortho nitro benzene ring substituents is 1. The summed E-state index contributed by atoms with van der Waals surface area (Å²) in [5.41, 5.74) is 1.62. The normalized spacial score (nSPS) is 12.6. The van der Waals surface area contributed by atoms with E-state index in [2.05, 4.69) is 31.0 Å². The van der Waals surface area contributed by atoms with Crippen LogP contribution in [0.1, 0.15) is 42.5 Å². The maximum atomic E-state index is 13.0. The van der Waals surface area contributed by atoms with Crippen LogP contribution in [0.5, 0.6) is 0 Å². The number of rotatable bonds is 8. The van der Waals surface area contributed by atoms with E-state index in [1.54, 1.807) is 12.1 Å². The van der Waals surface area contributed by atoms with Crippen molar-refractivity contribution in [3.63, 3.8) is 0 Å². The number of ketones is 2. The van der Waals surface area contributed by atoms with Gasteiger partial charge in [0.25, 0.3) is 5.69 Å². The molecule has 1 atom stereocenters. The topological polar surface area (TPSA) is 115 Å². The third-order valence-corrected chi connectivity index (χ3v) is 5.24. The van der Waals surface area contributed by atoms with E-state index >= 15 is 0 Å². The second kappa shape index (κ2) is 9.87. The summed E-state index contributed by atoms with van der Waals surface area (Å²) in [6, 6.07) is 12.4. The van der Waals surface area contributed by atoms with Crippen LogP contribution in [0.4, 0.5) is 11.4 Å². The molecular weight excluding hydrogens is 446 g/mol. The Labute approximate surface area is 195 Å². The minimum atomic E-state index is -1.45. The number of halogens is 1. The predicted molar refractivity (Wildman–Crippen MR) is 123 cm³/mol. The zero-order chi connectivity index (χ0) is 24.2. The lowest BCUT2D eigenvalue weighted by atomic mass is 9.87. The molecule has 0 saturated carbocycles. The van der Waals surface area contributed by atoms with Crippen molar-refractivity contribution >= 4 is 34.5 Å². The van der Waals surface area contributed by atoms with Gasteiger partial charge in [-0.15, -0.1) is 0 Å². The smallest absolute Gasteiger partial charge is 0.269 e. The molecule has 0 radical (unpaired) electrons. The Hall–Kier alpha value is -3.65. The Bertz CT molecular complexity index is 1200. The molecule has 0 aliphatic carbocycles. The van der Waals surface area contributed by atoms with Gasteiger partial charge in [0, 0.05) is 18.6 Å². The van der Waals surface area contributed by atoms with Crippen molar-refractivity contribution in [1.29, 1.82) is 0 Å². The highest BCUT2D eigenvalue weighted by molar-refractivity contribution is 6.33. The third-order valence-electron chi connectivity index (χ3n) is 4.94. The van der Waals surface area contributed by atoms with Gasteiger partial charge >= 0.3 is 0 Å². The number of benzene rings is 2. The average molecular weight is 468 g/mol. The summed E-state index contributed by atoms with van der Waals surface area (Å²) in [6.45, 7) is 6.15. The summed E-state index contributed by atoms with van der Waals surface area (Å²) in [7, 11) is 0. The zero-order valence-corrected chi connectivity index (χ0v) is 19.1. The van der Waals surface area contributed by atoms with Gasteiger partial charge in [0.05, 0.1) is 16.2 Å². The van der Waals surface area contributed by atoms with Crippen LogP contribution < -0.4 is 0 Å². The average Bonchev–Trinajstić information content (AvgIpc) is 3.29. The van der Waals surface area contributed by atoms with Gasteiger partial charge in [-0.2, -0.15) is 10.2 Å². The molecule has 0 aliphatic heterocycles. The van der Waals surface area contributed by atoms with Crippen LogP contribution in [-0.4, -0.2) is 22.5 Å². The van der Waals surface area contributed by atoms with Crippen molar-refractivity contribution in [2.75, 3.05) is 0 Å². The van der Waals surface area contributed by atoms with E-state index in [4.69, 9.17) is 16.0 Å². The third kappa shape index (κ3) is 5.98. The Balaban J connectivity index is 1.87. The number of nitro groups is 1. The van der Waals surface area contributed by atoms with E-state index in [1.807, 2.05) is 6.07 Å². The van der Waals surface area contributed by atoms with Crippen molar-refractivity contribution in [3.05, 3.63) is 92.9 Å². The first-order valence-corrected chi connectivity index (χ1v) is 10.5. The van der Waals surface area contributed by atoms with Gasteiger partial charge in [0.1, 0.15) is 5.69 Å². The van der Waals surface area contributed by atoms with E-state index in [0.29, 0.717) is 16.3 Å². The molecule has 0 spiro atoms. The molecule has 0 aliphatic rings. The monoisotopic (exact) mass is 467 g/mol. The molecule has 0 fully saturated rings. The number of hydrogen-bond acceptors (Lipinski definition) is 7. The summed E-state index contributed by atoms with van der Waals surface area (Å²) in [5.74, 6) is -1.19. The number of carbonyl (C=O) groups excluding carboxylic acids is 2. The number of carbonyl (C=O) groups is 2. The van der Waals surface area contributed by atoms with Crippen LogP contribution in [0.25, 0.3) is 0 Å². The molecule has 1 aromatic heterocycles. The maximum Gasteiger partial charge on any atom is 0.269 e. The van der Waals surface area contributed by atoms with Gasteiger partial charge in [0.15, 0.2) is 17.6 Å². The molecule has 170 valence electrons. The fourth-order valence-electron chi connectivity index (χ4n) is 3.02. The molecular formula is C24H22ClN3O5. The molecule has 8 nitrogen and oxygen atoms in total. The zero-order valence-electron chi connectivity index (χ0n) is 18.3. The van der Waals surface area contributed by atoms with Crippen LogP contribution in [0, 0.1) is 10.1 Å². The van der Waals surface area contributed by atoms with Gasteiger partial charge in [-0.05, 0) is 40.8 Å². The number of Topliss-reactive ketones (excluding diaryl/α,β-unsaturated/α-hetero) is 2. The van der Waals surface area contributed by atoms with E-state index in [1.165, 1.54) is 42.7 Å². The highest BCUT2D eigenvalue weighted by atomic mass is 35.5. The highest BCUT2D eigenvalue weighted by Gasteiger charge is 2.29. The van der Waals surface area contributed by atoms with Crippen LogP contribution in [0.3, 0.4) is 0 Å². The quantitative estimate of drug-likeness (QED) is 0.127. The van der Waals surface area contributed by atoms with E-state index in [9.17, 15) is 19.7 Å². The van der Waals surface area contributed by atoms with Gasteiger partial charge in [-0.1, -0.05) is 50.6 Å². The molecule has 0 N–H and O–H groups in total. The van der Waals surface area contributed by atoms with E-state index in [-0.39, 0.29) is 23.3 Å². The first-order chi connectivity index (χ1) is 15.6. The van der Waals surface area contributed by atoms with Crippen molar-refractivity contribution in [3.8, 4) is 0 Å². The number of furan rings is 1. The predicted octanol–water partition coefficient (Wildman–Crippen LogP) is 6.29. The van der Waals surface area contributed by atoms with Crippen molar-refractivity contribution in [1.82, 2.24) is 0 Å². The first-order valence-electron chi connectivity index (χ1n) is 10.1. The van der Waals surface area contributed by atoms with Crippen molar-refractivity contribution < 1.29 is 18.9 Å². The maximum absolute atomic E-state index is 13.0. The number of nitrogens with zero attached hydrogens (tertiary/aromatic N) is 3. The van der Waals surface area contributed by atoms with Gasteiger partial charge in [0.2, 0.25) is 5.78 Å². The fourth-order valence-corrected chi connectivity index (χ4v) is 3.24. The summed E-state index contributed by atoms with van der Waals surface area (Å²) in [4.78, 5) is 36.2. The summed E-state index contributed by atoms with van der Waals surface area (Å²) < 4.78 is 5.14. The second-order valence-corrected chi connectivity index (χ2v) is 8.85. The SMILES string of the molecule is CC(C)(C)c1ccc(N=NC(C(=O)Cc2ccc([N+](=O)[O-])cc2)C(=O)c2ccco2)c(Cl)c1. The van der Waals surface area contributed by atoms with Crippen LogP contribution >= 0.6 is 11.6 Å². The second-order valence-electron chi connectivity index (χ2n) is 8.44. The number of nitro benzene ring substituents is 1. The number of hydrogen-bond donors (Lipinski definition) is 0. The number of azo groups is 1. The molecule has 33 heavy (non-hydrogen) atoms. The molecule has 0 saturated heterocycles. The minimum Gasteiger partial charge on any atom is -0.461 e. The summed E-state index contributed by atoms with van der Waals surface area (Å²) in [6.07, 6.45) is 1.16. The van der Waals surface area contributed by atoms with Gasteiger partial charge in [-0.3, -0.25) is 19.7 Å². The van der Waals surface area contributed by atoms with E-state index < -0.39 is 22.5 Å². The molecule has 3 rings (SSSR count). The lowest BCUT2D eigenvalue weighted by Gasteiger charge is -2.19. The summed E-state index contributed by atoms with van der Waals surface area (Å²) >= 11 is 6.35. The Morgan fingerprint density at radius 2 is 1.82 bits per heavy atom. The Morgan fingerprint density at radius 1 is 1.12 bits per heavy atom. The largest absolute Gasteiger partial charge is 0.461 e. The van der Waals surface area contributed by atoms with Crippen LogP contribution in [-0.2, 0) is 16.6 Å². The lowest BCUT2D eigenvalue weighted by molar-refractivity contribution is -0.384. The highest BCUT2D eigenvalue weighted by Crippen LogP contribution is 2.32. The van der Waals surface area contributed by atoms with E-state index in [0.717, 1.165) is 5.56 Å². The molecule has 1 unspecified atom stereocenters. The van der Waals surface area contributed by atoms with Crippen molar-refractivity contribution in [2.45, 2.75) is 38.6 Å². The van der Waals surface area contributed by atoms with Gasteiger partial charge < -0.3 is 4.42 Å². The molecule has 2 aromatic carbocycles. The van der Waals surface area contributed by atoms with Gasteiger partial charge in [-0.25, -0.2) is 0 Å². The minimum absolute atomic E-state index is 0.0230.